The summed E-state index contributed by atoms with van der Waals surface area (Å²) in [6, 6.07) is 8.29. The van der Waals surface area contributed by atoms with Gasteiger partial charge < -0.3 is 9.88 Å². The minimum absolute atomic E-state index is 0.0106. The molecule has 4 aromatic rings. The molecule has 0 atom stereocenters. The van der Waals surface area contributed by atoms with Gasteiger partial charge in [0.15, 0.2) is 0 Å². The van der Waals surface area contributed by atoms with Crippen molar-refractivity contribution in [2.24, 2.45) is 7.05 Å². The highest BCUT2D eigenvalue weighted by Gasteiger charge is 2.20. The van der Waals surface area contributed by atoms with Gasteiger partial charge in [-0.3, -0.25) is 19.4 Å². The lowest BCUT2D eigenvalue weighted by molar-refractivity contribution is 0.249. The molecule has 0 unspecified atom stereocenters. The molecule has 1 aliphatic heterocycles. The van der Waals surface area contributed by atoms with Crippen LogP contribution in [0, 0.1) is 6.92 Å². The normalized spacial score (nSPS) is 15.3. The number of nitrogens with zero attached hydrogens (tertiary/aromatic N) is 5. The lowest BCUT2D eigenvalue weighted by Gasteiger charge is -2.36. The first kappa shape index (κ1) is 19.8. The molecule has 4 heterocycles. The average Bonchev–Trinajstić information content (AvgIpc) is 3.15. The fourth-order valence-corrected chi connectivity index (χ4v) is 4.60. The number of aryl methyl sites for hydroxylation is 3. The van der Waals surface area contributed by atoms with Crippen molar-refractivity contribution in [1.29, 1.82) is 0 Å². The van der Waals surface area contributed by atoms with Crippen molar-refractivity contribution in [3.63, 3.8) is 0 Å². The number of aromatic nitrogens is 4. The van der Waals surface area contributed by atoms with E-state index in [9.17, 15) is 4.79 Å². The van der Waals surface area contributed by atoms with Crippen molar-refractivity contribution in [1.82, 2.24) is 24.6 Å². The van der Waals surface area contributed by atoms with Crippen molar-refractivity contribution in [2.45, 2.75) is 26.8 Å². The van der Waals surface area contributed by atoms with E-state index in [1.165, 1.54) is 16.6 Å². The molecule has 0 saturated carbocycles. The van der Waals surface area contributed by atoms with Crippen molar-refractivity contribution >= 4 is 27.6 Å². The van der Waals surface area contributed by atoms with Crippen molar-refractivity contribution in [2.75, 3.05) is 31.1 Å². The number of aromatic amines is 1. The van der Waals surface area contributed by atoms with Gasteiger partial charge in [-0.05, 0) is 48.7 Å². The standard InChI is InChI=1S/C24H28N6O/c1-4-18-12-21-22(26-24(18)31)11-17(13-25-21)14-29-7-9-30(10-8-29)23-6-5-20-19(16(23)2)15-28(3)27-20/h5-6,11-13,15H,4,7-10,14H2,1-3H3,(H,26,31). The lowest BCUT2D eigenvalue weighted by Crippen LogP contribution is -2.46. The third-order valence-corrected chi connectivity index (χ3v) is 6.37. The van der Waals surface area contributed by atoms with Gasteiger partial charge >= 0.3 is 0 Å². The Balaban J connectivity index is 1.29. The molecule has 7 heteroatoms. The number of anilines is 1. The summed E-state index contributed by atoms with van der Waals surface area (Å²) in [7, 11) is 1.97. The zero-order valence-corrected chi connectivity index (χ0v) is 18.4. The van der Waals surface area contributed by atoms with E-state index in [0.29, 0.717) is 6.42 Å². The SMILES string of the molecule is CCc1cc2ncc(CN3CCN(c4ccc5nn(C)cc5c4C)CC3)cc2[nH]c1=O. The van der Waals surface area contributed by atoms with E-state index in [1.54, 1.807) is 0 Å². The molecular weight excluding hydrogens is 388 g/mol. The number of nitrogens with one attached hydrogen (secondary N) is 1. The molecular formula is C24H28N6O. The van der Waals surface area contributed by atoms with Gasteiger partial charge in [-0.25, -0.2) is 0 Å². The van der Waals surface area contributed by atoms with Crippen LogP contribution in [-0.2, 0) is 20.0 Å². The minimum atomic E-state index is -0.0106. The number of pyridine rings is 2. The van der Waals surface area contributed by atoms with E-state index in [4.69, 9.17) is 0 Å². The number of hydrogen-bond donors (Lipinski definition) is 1. The largest absolute Gasteiger partial charge is 0.369 e. The molecule has 0 aliphatic carbocycles. The number of benzene rings is 1. The Morgan fingerprint density at radius 1 is 1.10 bits per heavy atom. The Morgan fingerprint density at radius 3 is 2.68 bits per heavy atom. The van der Waals surface area contributed by atoms with Crippen LogP contribution in [0.4, 0.5) is 5.69 Å². The lowest BCUT2D eigenvalue weighted by atomic mass is 10.1. The molecule has 0 radical (unpaired) electrons. The van der Waals surface area contributed by atoms with Crippen LogP contribution in [0.1, 0.15) is 23.6 Å². The van der Waals surface area contributed by atoms with E-state index >= 15 is 0 Å². The molecule has 1 fully saturated rings. The van der Waals surface area contributed by atoms with Gasteiger partial charge in [0, 0.05) is 68.8 Å². The average molecular weight is 417 g/mol. The molecule has 5 rings (SSSR count). The van der Waals surface area contributed by atoms with E-state index < -0.39 is 0 Å². The second-order valence-electron chi connectivity index (χ2n) is 8.46. The van der Waals surface area contributed by atoms with Crippen molar-refractivity contribution in [3.8, 4) is 0 Å². The predicted molar refractivity (Wildman–Crippen MR) is 125 cm³/mol. The van der Waals surface area contributed by atoms with Crippen molar-refractivity contribution < 1.29 is 0 Å². The fraction of sp³-hybridized carbons (Fsp3) is 0.375. The first-order valence-electron chi connectivity index (χ1n) is 10.9. The molecule has 1 N–H and O–H groups in total. The van der Waals surface area contributed by atoms with Gasteiger partial charge in [0.05, 0.1) is 16.6 Å². The molecule has 1 saturated heterocycles. The van der Waals surface area contributed by atoms with Gasteiger partial charge in [0.25, 0.3) is 5.56 Å². The highest BCUT2D eigenvalue weighted by molar-refractivity contribution is 5.87. The van der Waals surface area contributed by atoms with Gasteiger partial charge in [-0.2, -0.15) is 5.10 Å². The maximum Gasteiger partial charge on any atom is 0.251 e. The van der Waals surface area contributed by atoms with Crippen LogP contribution in [0.3, 0.4) is 0 Å². The zero-order chi connectivity index (χ0) is 21.5. The molecule has 3 aromatic heterocycles. The smallest absolute Gasteiger partial charge is 0.251 e. The summed E-state index contributed by atoms with van der Waals surface area (Å²) in [6.45, 7) is 8.99. The Hall–Kier alpha value is -3.19. The Bertz CT molecular complexity index is 1310. The van der Waals surface area contributed by atoms with Gasteiger partial charge in [-0.15, -0.1) is 0 Å². The minimum Gasteiger partial charge on any atom is -0.369 e. The van der Waals surface area contributed by atoms with Gasteiger partial charge in [0.1, 0.15) is 0 Å². The summed E-state index contributed by atoms with van der Waals surface area (Å²) in [5, 5.41) is 5.74. The topological polar surface area (TPSA) is 70.1 Å². The third-order valence-electron chi connectivity index (χ3n) is 6.37. The second-order valence-corrected chi connectivity index (χ2v) is 8.46. The molecule has 31 heavy (non-hydrogen) atoms. The first-order valence-corrected chi connectivity index (χ1v) is 10.9. The van der Waals surface area contributed by atoms with E-state index in [1.807, 2.05) is 30.9 Å². The monoisotopic (exact) mass is 416 g/mol. The maximum absolute atomic E-state index is 12.1. The summed E-state index contributed by atoms with van der Waals surface area (Å²) >= 11 is 0. The summed E-state index contributed by atoms with van der Waals surface area (Å²) < 4.78 is 1.88. The van der Waals surface area contributed by atoms with Crippen LogP contribution >= 0.6 is 0 Å². The highest BCUT2D eigenvalue weighted by Crippen LogP contribution is 2.28. The fourth-order valence-electron chi connectivity index (χ4n) is 4.60. The summed E-state index contributed by atoms with van der Waals surface area (Å²) in [4.78, 5) is 24.6. The number of rotatable bonds is 4. The van der Waals surface area contributed by atoms with Crippen LogP contribution < -0.4 is 10.5 Å². The number of H-pyrrole nitrogens is 1. The van der Waals surface area contributed by atoms with Crippen LogP contribution in [0.15, 0.2) is 41.5 Å². The highest BCUT2D eigenvalue weighted by atomic mass is 16.1. The van der Waals surface area contributed by atoms with E-state index in [0.717, 1.165) is 60.4 Å². The maximum atomic E-state index is 12.1. The Labute approximate surface area is 181 Å². The van der Waals surface area contributed by atoms with Crippen molar-refractivity contribution in [3.05, 3.63) is 63.7 Å². The molecule has 160 valence electrons. The molecule has 1 aliphatic rings. The Kier molecular flexibility index (Phi) is 4.98. The second kappa shape index (κ2) is 7.81. The van der Waals surface area contributed by atoms with Gasteiger partial charge in [0.2, 0.25) is 0 Å². The quantitative estimate of drug-likeness (QED) is 0.554. The third kappa shape index (κ3) is 3.70. The van der Waals surface area contributed by atoms with E-state index in [2.05, 4.69) is 56.2 Å². The summed E-state index contributed by atoms with van der Waals surface area (Å²) in [5.41, 5.74) is 7.23. The molecule has 0 spiro atoms. The summed E-state index contributed by atoms with van der Waals surface area (Å²) in [6.07, 6.45) is 4.75. The molecule has 0 bridgehead atoms. The Morgan fingerprint density at radius 2 is 1.90 bits per heavy atom. The zero-order valence-electron chi connectivity index (χ0n) is 18.4. The van der Waals surface area contributed by atoms with Crippen LogP contribution in [0.25, 0.3) is 21.9 Å². The first-order chi connectivity index (χ1) is 15.0. The summed E-state index contributed by atoms with van der Waals surface area (Å²) in [5.74, 6) is 0. The number of hydrogen-bond acceptors (Lipinski definition) is 5. The van der Waals surface area contributed by atoms with E-state index in [-0.39, 0.29) is 5.56 Å². The van der Waals surface area contributed by atoms with Crippen LogP contribution in [0.5, 0.6) is 0 Å². The van der Waals surface area contributed by atoms with Crippen LogP contribution in [-0.4, -0.2) is 50.8 Å². The predicted octanol–water partition coefficient (Wildman–Crippen LogP) is 3.00. The number of piperazine rings is 1. The molecule has 7 nitrogen and oxygen atoms in total. The number of fused-ring (bicyclic) bond motifs is 2. The molecule has 1 aromatic carbocycles. The van der Waals surface area contributed by atoms with Gasteiger partial charge in [-0.1, -0.05) is 6.92 Å². The molecule has 0 amide bonds. The van der Waals surface area contributed by atoms with Crippen LogP contribution in [0.2, 0.25) is 0 Å².